The van der Waals surface area contributed by atoms with Crippen molar-refractivity contribution in [3.63, 3.8) is 0 Å². The summed E-state index contributed by atoms with van der Waals surface area (Å²) in [5, 5.41) is 7.24. The lowest BCUT2D eigenvalue weighted by molar-refractivity contribution is 0.857. The van der Waals surface area contributed by atoms with Crippen molar-refractivity contribution in [3.8, 4) is 10.6 Å². The van der Waals surface area contributed by atoms with Crippen LogP contribution in [0.15, 0.2) is 53.7 Å². The second-order valence-electron chi connectivity index (χ2n) is 6.82. The van der Waals surface area contributed by atoms with Crippen molar-refractivity contribution in [3.05, 3.63) is 64.8 Å². The highest BCUT2D eigenvalue weighted by molar-refractivity contribution is 7.21. The summed E-state index contributed by atoms with van der Waals surface area (Å²) in [5.74, 6) is 1.24. The lowest BCUT2D eigenvalue weighted by atomic mass is 10.3. The van der Waals surface area contributed by atoms with Gasteiger partial charge in [0.15, 0.2) is 0 Å². The predicted molar refractivity (Wildman–Crippen MR) is 118 cm³/mol. The van der Waals surface area contributed by atoms with Crippen LogP contribution in [0.4, 0.5) is 11.6 Å². The highest BCUT2D eigenvalue weighted by Crippen LogP contribution is 2.30. The van der Waals surface area contributed by atoms with E-state index in [0.29, 0.717) is 11.6 Å². The van der Waals surface area contributed by atoms with Crippen LogP contribution in [0, 0.1) is 6.92 Å². The summed E-state index contributed by atoms with van der Waals surface area (Å²) in [6, 6.07) is 9.14. The molecular weight excluding hydrogens is 384 g/mol. The zero-order chi connectivity index (χ0) is 20.1. The normalized spacial score (nSPS) is 13.1. The lowest BCUT2D eigenvalue weighted by Gasteiger charge is -2.05. The van der Waals surface area contributed by atoms with Gasteiger partial charge >= 0.3 is 0 Å². The molecule has 5 rings (SSSR count). The molecule has 1 fully saturated rings. The number of fused-ring (bicyclic) bond motifs is 1. The van der Waals surface area contributed by atoms with Gasteiger partial charge in [-0.2, -0.15) is 0 Å². The van der Waals surface area contributed by atoms with Gasteiger partial charge in [-0.1, -0.05) is 0 Å². The number of pyridine rings is 3. The molecule has 148 valence electrons. The zero-order valence-corrected chi connectivity index (χ0v) is 16.9. The highest BCUT2D eigenvalue weighted by Gasteiger charge is 2.08. The Bertz CT molecular complexity index is 1140. The van der Waals surface area contributed by atoms with Crippen LogP contribution in [0.2, 0.25) is 0 Å². The van der Waals surface area contributed by atoms with Crippen LogP contribution < -0.4 is 16.2 Å². The summed E-state index contributed by atoms with van der Waals surface area (Å²) >= 11 is 1.57. The molecule has 29 heavy (non-hydrogen) atoms. The predicted octanol–water partition coefficient (Wildman–Crippen LogP) is 3.86. The van der Waals surface area contributed by atoms with Crippen molar-refractivity contribution in [1.82, 2.24) is 25.3 Å². The van der Waals surface area contributed by atoms with Gasteiger partial charge in [-0.3, -0.25) is 9.78 Å². The summed E-state index contributed by atoms with van der Waals surface area (Å²) in [5.41, 5.74) is 2.57. The van der Waals surface area contributed by atoms with Gasteiger partial charge in [-0.15, -0.1) is 11.3 Å². The first-order valence-electron chi connectivity index (χ1n) is 9.53. The number of aromatic nitrogens is 4. The Balaban J connectivity index is 0.000000359. The molecular formula is C21H22N6OS. The Kier molecular flexibility index (Phi) is 5.92. The number of hydrogen-bond donors (Lipinski definition) is 3. The summed E-state index contributed by atoms with van der Waals surface area (Å²) in [6.07, 6.45) is 8.09. The van der Waals surface area contributed by atoms with Gasteiger partial charge in [0, 0.05) is 36.3 Å². The van der Waals surface area contributed by atoms with E-state index in [-0.39, 0.29) is 5.56 Å². The number of thiazole rings is 1. The molecule has 1 saturated heterocycles. The van der Waals surface area contributed by atoms with Crippen molar-refractivity contribution in [2.24, 2.45) is 0 Å². The Morgan fingerprint density at radius 1 is 1.14 bits per heavy atom. The average Bonchev–Trinajstić information content (AvgIpc) is 3.41. The van der Waals surface area contributed by atoms with Crippen LogP contribution >= 0.6 is 11.3 Å². The van der Waals surface area contributed by atoms with Crippen LogP contribution in [0.1, 0.15) is 18.4 Å². The highest BCUT2D eigenvalue weighted by atomic mass is 32.1. The van der Waals surface area contributed by atoms with Gasteiger partial charge in [0.2, 0.25) is 5.56 Å². The Morgan fingerprint density at radius 2 is 2.00 bits per heavy atom. The smallest absolute Gasteiger partial charge is 0.249 e. The number of hydrogen-bond acceptors (Lipinski definition) is 7. The van der Waals surface area contributed by atoms with E-state index >= 15 is 0 Å². The summed E-state index contributed by atoms with van der Waals surface area (Å²) in [6.45, 7) is 4.37. The first kappa shape index (κ1) is 19.2. The fourth-order valence-electron chi connectivity index (χ4n) is 3.03. The van der Waals surface area contributed by atoms with Crippen LogP contribution in [0.5, 0.6) is 0 Å². The van der Waals surface area contributed by atoms with Crippen molar-refractivity contribution in [2.45, 2.75) is 19.8 Å². The third kappa shape index (κ3) is 5.04. The molecule has 4 aromatic heterocycles. The first-order valence-corrected chi connectivity index (χ1v) is 10.3. The minimum atomic E-state index is -0.147. The van der Waals surface area contributed by atoms with Crippen LogP contribution in [0.25, 0.3) is 20.8 Å². The molecule has 0 bridgehead atoms. The monoisotopic (exact) mass is 406 g/mol. The third-order valence-electron chi connectivity index (χ3n) is 4.39. The van der Waals surface area contributed by atoms with E-state index in [1.165, 1.54) is 25.9 Å². The lowest BCUT2D eigenvalue weighted by Crippen LogP contribution is -2.08. The van der Waals surface area contributed by atoms with Crippen molar-refractivity contribution >= 4 is 33.2 Å². The van der Waals surface area contributed by atoms with Gasteiger partial charge in [0.05, 0.1) is 10.2 Å². The van der Waals surface area contributed by atoms with Gasteiger partial charge in [-0.05, 0) is 56.6 Å². The third-order valence-corrected chi connectivity index (χ3v) is 5.45. The molecule has 1 aliphatic rings. The SMILES string of the molecule is C1CCNC1.Cc1cc(Nc2cc3nc(-c4cccnc4)sc3cn2)[nH]c(=O)c1. The number of nitrogens with one attached hydrogen (secondary N) is 3. The fraction of sp³-hybridized carbons (Fsp3) is 0.238. The summed E-state index contributed by atoms with van der Waals surface area (Å²) in [7, 11) is 0. The van der Waals surface area contributed by atoms with E-state index in [0.717, 1.165) is 26.4 Å². The maximum absolute atomic E-state index is 11.5. The van der Waals surface area contributed by atoms with Gasteiger partial charge in [0.25, 0.3) is 0 Å². The van der Waals surface area contributed by atoms with Crippen molar-refractivity contribution in [1.29, 1.82) is 0 Å². The second-order valence-corrected chi connectivity index (χ2v) is 7.85. The molecule has 4 aromatic rings. The Labute approximate surface area is 172 Å². The van der Waals surface area contributed by atoms with E-state index in [9.17, 15) is 4.79 Å². The molecule has 0 radical (unpaired) electrons. The molecule has 0 saturated carbocycles. The van der Waals surface area contributed by atoms with Crippen molar-refractivity contribution in [2.75, 3.05) is 18.4 Å². The topological polar surface area (TPSA) is 95.6 Å². The molecule has 0 spiro atoms. The molecule has 7 nitrogen and oxygen atoms in total. The first-order chi connectivity index (χ1) is 14.2. The number of H-pyrrole nitrogens is 1. The molecule has 0 amide bonds. The summed E-state index contributed by atoms with van der Waals surface area (Å²) in [4.78, 5) is 27.4. The molecule has 1 aliphatic heterocycles. The minimum Gasteiger partial charge on any atom is -0.326 e. The molecule has 5 heterocycles. The van der Waals surface area contributed by atoms with E-state index in [1.54, 1.807) is 36.0 Å². The van der Waals surface area contributed by atoms with E-state index in [1.807, 2.05) is 31.2 Å². The number of nitrogens with zero attached hydrogens (tertiary/aromatic N) is 3. The van der Waals surface area contributed by atoms with E-state index < -0.39 is 0 Å². The van der Waals surface area contributed by atoms with Crippen LogP contribution in [-0.2, 0) is 0 Å². The summed E-state index contributed by atoms with van der Waals surface area (Å²) < 4.78 is 0.997. The quantitative estimate of drug-likeness (QED) is 0.478. The molecule has 0 aromatic carbocycles. The molecule has 0 atom stereocenters. The number of aryl methyl sites for hydroxylation is 1. The van der Waals surface area contributed by atoms with Crippen LogP contribution in [-0.4, -0.2) is 33.0 Å². The number of aromatic amines is 1. The standard InChI is InChI=1S/C17H13N5OS.C4H9N/c1-10-5-15(22-16(23)6-10)21-14-7-12-13(9-19-14)24-17(20-12)11-3-2-4-18-8-11;1-2-4-5-3-1/h2-9H,1H3,(H2,19,21,22,23);5H,1-4H2. The fourth-order valence-corrected chi connectivity index (χ4v) is 3.93. The van der Waals surface area contributed by atoms with Gasteiger partial charge in [0.1, 0.15) is 16.6 Å². The van der Waals surface area contributed by atoms with E-state index in [4.69, 9.17) is 0 Å². The minimum absolute atomic E-state index is 0.147. The molecule has 0 unspecified atom stereocenters. The Morgan fingerprint density at radius 3 is 2.69 bits per heavy atom. The zero-order valence-electron chi connectivity index (χ0n) is 16.1. The average molecular weight is 407 g/mol. The van der Waals surface area contributed by atoms with Crippen LogP contribution in [0.3, 0.4) is 0 Å². The maximum Gasteiger partial charge on any atom is 0.249 e. The molecule has 3 N–H and O–H groups in total. The van der Waals surface area contributed by atoms with Gasteiger partial charge in [-0.25, -0.2) is 9.97 Å². The largest absolute Gasteiger partial charge is 0.326 e. The van der Waals surface area contributed by atoms with Gasteiger partial charge < -0.3 is 15.6 Å². The number of anilines is 2. The van der Waals surface area contributed by atoms with Crippen molar-refractivity contribution < 1.29 is 0 Å². The molecule has 0 aliphatic carbocycles. The van der Waals surface area contributed by atoms with E-state index in [2.05, 4.69) is 30.6 Å². The second kappa shape index (κ2) is 8.93. The maximum atomic E-state index is 11.5. The Hall–Kier alpha value is -3.10. The number of rotatable bonds is 3. The molecule has 8 heteroatoms.